The van der Waals surface area contributed by atoms with Gasteiger partial charge in [0.2, 0.25) is 0 Å². The lowest BCUT2D eigenvalue weighted by atomic mass is 10.3. The first kappa shape index (κ1) is 17.7. The average molecular weight is 296 g/mol. The second-order valence-corrected chi connectivity index (χ2v) is 4.76. The third-order valence-electron chi connectivity index (χ3n) is 2.82. The zero-order valence-electron chi connectivity index (χ0n) is 13.4. The van der Waals surface area contributed by atoms with Gasteiger partial charge in [0, 0.05) is 39.5 Å². The Labute approximate surface area is 127 Å². The minimum Gasteiger partial charge on any atom is -0.381 e. The molecule has 0 aliphatic carbocycles. The van der Waals surface area contributed by atoms with Gasteiger partial charge in [-0.05, 0) is 19.8 Å². The maximum absolute atomic E-state index is 5.53. The molecule has 0 aliphatic heterocycles. The standard InChI is InChI=1S/C15H28N4O2/c1-4-6-9-21-10-7-8-17-14-11-13(16-5-2)18-15(19-14)12-20-3/h11H,4-10,12H2,1-3H3,(H2,16,17,18,19). The lowest BCUT2D eigenvalue weighted by molar-refractivity contribution is 0.131. The van der Waals surface area contributed by atoms with Crippen LogP contribution in [0.4, 0.5) is 11.6 Å². The van der Waals surface area contributed by atoms with Gasteiger partial charge < -0.3 is 20.1 Å². The van der Waals surface area contributed by atoms with E-state index in [1.54, 1.807) is 7.11 Å². The predicted molar refractivity (Wildman–Crippen MR) is 85.7 cm³/mol. The number of anilines is 2. The average Bonchev–Trinajstić information content (AvgIpc) is 2.47. The number of rotatable bonds is 12. The van der Waals surface area contributed by atoms with E-state index >= 15 is 0 Å². The summed E-state index contributed by atoms with van der Waals surface area (Å²) in [4.78, 5) is 8.80. The van der Waals surface area contributed by atoms with Gasteiger partial charge in [0.05, 0.1) is 0 Å². The van der Waals surface area contributed by atoms with Crippen molar-refractivity contribution in [2.45, 2.75) is 39.7 Å². The number of methoxy groups -OCH3 is 1. The molecule has 6 nitrogen and oxygen atoms in total. The van der Waals surface area contributed by atoms with Gasteiger partial charge in [0.1, 0.15) is 18.2 Å². The number of aromatic nitrogens is 2. The van der Waals surface area contributed by atoms with E-state index in [0.29, 0.717) is 12.4 Å². The van der Waals surface area contributed by atoms with Crippen LogP contribution in [-0.2, 0) is 16.1 Å². The molecule has 0 spiro atoms. The molecule has 1 aromatic heterocycles. The van der Waals surface area contributed by atoms with Crippen molar-refractivity contribution in [3.63, 3.8) is 0 Å². The summed E-state index contributed by atoms with van der Waals surface area (Å²) in [5.74, 6) is 2.32. The summed E-state index contributed by atoms with van der Waals surface area (Å²) in [5.41, 5.74) is 0. The van der Waals surface area contributed by atoms with Crippen molar-refractivity contribution in [2.24, 2.45) is 0 Å². The van der Waals surface area contributed by atoms with Crippen LogP contribution in [0.25, 0.3) is 0 Å². The first-order valence-corrected chi connectivity index (χ1v) is 7.72. The van der Waals surface area contributed by atoms with E-state index in [2.05, 4.69) is 27.5 Å². The Morgan fingerprint density at radius 3 is 2.43 bits per heavy atom. The van der Waals surface area contributed by atoms with E-state index in [0.717, 1.165) is 50.8 Å². The summed E-state index contributed by atoms with van der Waals surface area (Å²) in [5, 5.41) is 6.51. The molecule has 0 aromatic carbocycles. The van der Waals surface area contributed by atoms with E-state index in [1.807, 2.05) is 13.0 Å². The van der Waals surface area contributed by atoms with Crippen LogP contribution >= 0.6 is 0 Å². The van der Waals surface area contributed by atoms with Gasteiger partial charge in [-0.1, -0.05) is 13.3 Å². The first-order chi connectivity index (χ1) is 10.3. The highest BCUT2D eigenvalue weighted by atomic mass is 16.5. The van der Waals surface area contributed by atoms with Crippen LogP contribution in [0.1, 0.15) is 38.9 Å². The summed E-state index contributed by atoms with van der Waals surface area (Å²) in [7, 11) is 1.64. The van der Waals surface area contributed by atoms with Crippen LogP contribution in [0, 0.1) is 0 Å². The van der Waals surface area contributed by atoms with Gasteiger partial charge in [0.15, 0.2) is 5.82 Å². The zero-order valence-corrected chi connectivity index (χ0v) is 13.4. The van der Waals surface area contributed by atoms with Gasteiger partial charge in [-0.25, -0.2) is 9.97 Å². The Bertz CT molecular complexity index is 364. The van der Waals surface area contributed by atoms with Crippen molar-refractivity contribution in [1.29, 1.82) is 0 Å². The van der Waals surface area contributed by atoms with Gasteiger partial charge in [-0.3, -0.25) is 0 Å². The van der Waals surface area contributed by atoms with Crippen molar-refractivity contribution < 1.29 is 9.47 Å². The number of nitrogens with zero attached hydrogens (tertiary/aromatic N) is 2. The van der Waals surface area contributed by atoms with E-state index in [1.165, 1.54) is 6.42 Å². The topological polar surface area (TPSA) is 68.3 Å². The van der Waals surface area contributed by atoms with Crippen LogP contribution in [0.15, 0.2) is 6.07 Å². The fraction of sp³-hybridized carbons (Fsp3) is 0.733. The summed E-state index contributed by atoms with van der Waals surface area (Å²) < 4.78 is 10.6. The van der Waals surface area contributed by atoms with Gasteiger partial charge >= 0.3 is 0 Å². The number of hydrogen-bond acceptors (Lipinski definition) is 6. The molecule has 6 heteroatoms. The fourth-order valence-corrected chi connectivity index (χ4v) is 1.79. The largest absolute Gasteiger partial charge is 0.381 e. The molecule has 1 rings (SSSR count). The number of nitrogens with one attached hydrogen (secondary N) is 2. The maximum Gasteiger partial charge on any atom is 0.158 e. The lowest BCUT2D eigenvalue weighted by Crippen LogP contribution is -2.11. The molecule has 0 radical (unpaired) electrons. The van der Waals surface area contributed by atoms with Gasteiger partial charge in [-0.15, -0.1) is 0 Å². The Hall–Kier alpha value is -1.40. The van der Waals surface area contributed by atoms with Crippen molar-refractivity contribution in [1.82, 2.24) is 9.97 Å². The molecule has 0 amide bonds. The third-order valence-corrected chi connectivity index (χ3v) is 2.82. The van der Waals surface area contributed by atoms with Crippen molar-refractivity contribution in [3.05, 3.63) is 11.9 Å². The molecule has 2 N–H and O–H groups in total. The fourth-order valence-electron chi connectivity index (χ4n) is 1.79. The SMILES string of the molecule is CCCCOCCCNc1cc(NCC)nc(COC)n1. The summed E-state index contributed by atoms with van der Waals surface area (Å²) >= 11 is 0. The molecule has 0 bridgehead atoms. The van der Waals surface area contributed by atoms with Crippen LogP contribution in [0.5, 0.6) is 0 Å². The Kier molecular flexibility index (Phi) is 9.48. The molecule has 21 heavy (non-hydrogen) atoms. The highest BCUT2D eigenvalue weighted by molar-refractivity contribution is 5.47. The molecule has 120 valence electrons. The number of hydrogen-bond donors (Lipinski definition) is 2. The molecule has 0 fully saturated rings. The van der Waals surface area contributed by atoms with E-state index in [4.69, 9.17) is 9.47 Å². The van der Waals surface area contributed by atoms with E-state index in [9.17, 15) is 0 Å². The highest BCUT2D eigenvalue weighted by Gasteiger charge is 2.03. The second-order valence-electron chi connectivity index (χ2n) is 4.76. The van der Waals surface area contributed by atoms with Crippen LogP contribution < -0.4 is 10.6 Å². The molecule has 0 saturated carbocycles. The Morgan fingerprint density at radius 2 is 1.76 bits per heavy atom. The molecule has 1 aromatic rings. The van der Waals surface area contributed by atoms with Crippen LogP contribution in [0.2, 0.25) is 0 Å². The first-order valence-electron chi connectivity index (χ1n) is 7.72. The van der Waals surface area contributed by atoms with Crippen molar-refractivity contribution >= 4 is 11.6 Å². The molecule has 0 atom stereocenters. The smallest absolute Gasteiger partial charge is 0.158 e. The van der Waals surface area contributed by atoms with Gasteiger partial charge in [-0.2, -0.15) is 0 Å². The maximum atomic E-state index is 5.53. The highest BCUT2D eigenvalue weighted by Crippen LogP contribution is 2.12. The summed E-state index contributed by atoms with van der Waals surface area (Å²) in [6.07, 6.45) is 3.27. The number of ether oxygens (including phenoxy) is 2. The van der Waals surface area contributed by atoms with E-state index in [-0.39, 0.29) is 0 Å². The minimum atomic E-state index is 0.411. The van der Waals surface area contributed by atoms with Gasteiger partial charge in [0.25, 0.3) is 0 Å². The third kappa shape index (κ3) is 7.82. The van der Waals surface area contributed by atoms with E-state index < -0.39 is 0 Å². The monoisotopic (exact) mass is 296 g/mol. The Morgan fingerprint density at radius 1 is 1.05 bits per heavy atom. The molecular formula is C15H28N4O2. The molecule has 0 saturated heterocycles. The van der Waals surface area contributed by atoms with Crippen LogP contribution in [0.3, 0.4) is 0 Å². The zero-order chi connectivity index (χ0) is 15.3. The second kappa shape index (κ2) is 11.3. The van der Waals surface area contributed by atoms with Crippen LogP contribution in [-0.4, -0.2) is 43.4 Å². The number of unbranched alkanes of at least 4 members (excludes halogenated alkanes) is 1. The molecule has 1 heterocycles. The Balaban J connectivity index is 2.38. The molecule has 0 unspecified atom stereocenters. The van der Waals surface area contributed by atoms with Crippen molar-refractivity contribution in [3.8, 4) is 0 Å². The molecule has 0 aliphatic rings. The normalized spacial score (nSPS) is 10.6. The van der Waals surface area contributed by atoms with Crippen molar-refractivity contribution in [2.75, 3.05) is 44.0 Å². The lowest BCUT2D eigenvalue weighted by Gasteiger charge is -2.10. The minimum absolute atomic E-state index is 0.411. The predicted octanol–water partition coefficient (Wildman–Crippen LogP) is 2.67. The molecular weight excluding hydrogens is 268 g/mol. The summed E-state index contributed by atoms with van der Waals surface area (Å²) in [6, 6.07) is 1.92. The quantitative estimate of drug-likeness (QED) is 0.578. The summed E-state index contributed by atoms with van der Waals surface area (Å²) in [6.45, 7) is 7.91.